The van der Waals surface area contributed by atoms with Crippen molar-refractivity contribution in [2.75, 3.05) is 0 Å². The summed E-state index contributed by atoms with van der Waals surface area (Å²) in [7, 11) is 0. The van der Waals surface area contributed by atoms with Gasteiger partial charge in [-0.25, -0.2) is 9.78 Å². The third-order valence-electron chi connectivity index (χ3n) is 5.81. The molecule has 2 aromatic carbocycles. The molecule has 0 spiro atoms. The number of amides is 1. The van der Waals surface area contributed by atoms with E-state index in [-0.39, 0.29) is 17.2 Å². The predicted molar refractivity (Wildman–Crippen MR) is 121 cm³/mol. The summed E-state index contributed by atoms with van der Waals surface area (Å²) < 4.78 is 126. The number of nitrogens with zero attached hydrogens (tertiary/aromatic N) is 2. The smallest absolute Gasteiger partial charge is 0.416 e. The number of aromatic nitrogens is 1. The molecule has 1 saturated heterocycles. The van der Waals surface area contributed by atoms with Gasteiger partial charge in [0.15, 0.2) is 0 Å². The van der Waals surface area contributed by atoms with Crippen LogP contribution < -0.4 is 0 Å². The minimum absolute atomic E-state index is 0.00569. The maximum atomic E-state index is 13.4. The number of hydrogen-bond acceptors (Lipinski definition) is 4. The maximum absolute atomic E-state index is 13.4. The number of thiazole rings is 1. The summed E-state index contributed by atoms with van der Waals surface area (Å²) in [5.74, 6) is 0. The number of carbonyl (C=O) groups excluding carboxylic acids is 1. The van der Waals surface area contributed by atoms with Crippen molar-refractivity contribution in [3.05, 3.63) is 74.2 Å². The molecule has 1 aliphatic heterocycles. The first kappa shape index (κ1) is 28.2. The van der Waals surface area contributed by atoms with E-state index in [1.54, 1.807) is 5.38 Å². The molecule has 0 N–H and O–H groups in total. The third-order valence-corrected chi connectivity index (χ3v) is 7.40. The van der Waals surface area contributed by atoms with Crippen LogP contribution in [-0.4, -0.2) is 22.0 Å². The predicted octanol–water partition coefficient (Wildman–Crippen LogP) is 8.71. The number of benzene rings is 2. The molecule has 204 valence electrons. The van der Waals surface area contributed by atoms with E-state index in [2.05, 4.69) is 20.9 Å². The van der Waals surface area contributed by atoms with Gasteiger partial charge in [0.2, 0.25) is 0 Å². The van der Waals surface area contributed by atoms with Gasteiger partial charge in [-0.1, -0.05) is 6.07 Å². The Morgan fingerprint density at radius 3 is 2.00 bits per heavy atom. The van der Waals surface area contributed by atoms with E-state index in [4.69, 9.17) is 4.74 Å². The van der Waals surface area contributed by atoms with E-state index < -0.39 is 65.6 Å². The summed E-state index contributed by atoms with van der Waals surface area (Å²) in [6, 6.07) is 2.55. The number of cyclic esters (lactones) is 1. The summed E-state index contributed by atoms with van der Waals surface area (Å²) in [5, 5.41) is 1.91. The normalized spacial score (nSPS) is 18.7. The number of hydrogen-bond donors (Lipinski definition) is 0. The third kappa shape index (κ3) is 5.77. The molecular weight excluding hydrogens is 619 g/mol. The van der Waals surface area contributed by atoms with E-state index in [1.807, 2.05) is 0 Å². The number of carbonyl (C=O) groups is 1. The van der Waals surface area contributed by atoms with Crippen molar-refractivity contribution in [2.45, 2.75) is 44.1 Å². The summed E-state index contributed by atoms with van der Waals surface area (Å²) in [6.07, 6.45) is -17.6. The molecule has 38 heavy (non-hydrogen) atoms. The number of rotatable bonds is 4. The largest absolute Gasteiger partial charge is 0.439 e. The summed E-state index contributed by atoms with van der Waals surface area (Å²) in [4.78, 5) is 17.8. The maximum Gasteiger partial charge on any atom is 0.416 e. The standard InChI is InChI=1S/C23H14BrF9N2O2S/c1-10-18(11-4-14(22(28,29)30)7-15(5-11)23(31,32)33)37-20(36)35(10)8-12-6-13(21(25,26)27)2-3-16(12)19-34-17(24)9-38-19/h2-7,9-10,18H,8H2,1H3/t10-,18-/m0/s1. The quantitative estimate of drug-likeness (QED) is 0.270. The Kier molecular flexibility index (Phi) is 7.23. The van der Waals surface area contributed by atoms with Gasteiger partial charge in [0.25, 0.3) is 0 Å². The molecular formula is C23H14BrF9N2O2S. The van der Waals surface area contributed by atoms with Crippen molar-refractivity contribution in [1.82, 2.24) is 9.88 Å². The first-order valence-electron chi connectivity index (χ1n) is 10.5. The Hall–Kier alpha value is -2.81. The van der Waals surface area contributed by atoms with E-state index in [9.17, 15) is 44.3 Å². The lowest BCUT2D eigenvalue weighted by Gasteiger charge is -2.23. The summed E-state index contributed by atoms with van der Waals surface area (Å²) in [6.45, 7) is 0.842. The van der Waals surface area contributed by atoms with Crippen molar-refractivity contribution < 1.29 is 49.0 Å². The second kappa shape index (κ2) is 9.74. The van der Waals surface area contributed by atoms with Gasteiger partial charge in [-0.3, -0.25) is 4.90 Å². The molecule has 4 nitrogen and oxygen atoms in total. The van der Waals surface area contributed by atoms with Crippen LogP contribution in [0, 0.1) is 0 Å². The van der Waals surface area contributed by atoms with Crippen LogP contribution in [0.15, 0.2) is 46.4 Å². The Morgan fingerprint density at radius 1 is 0.921 bits per heavy atom. The van der Waals surface area contributed by atoms with Gasteiger partial charge in [-0.2, -0.15) is 39.5 Å². The average molecular weight is 633 g/mol. The molecule has 0 unspecified atom stereocenters. The van der Waals surface area contributed by atoms with Crippen molar-refractivity contribution in [2.24, 2.45) is 0 Å². The van der Waals surface area contributed by atoms with Crippen molar-refractivity contribution >= 4 is 33.4 Å². The first-order valence-corrected chi connectivity index (χ1v) is 12.2. The van der Waals surface area contributed by atoms with Gasteiger partial charge in [0, 0.05) is 10.9 Å². The van der Waals surface area contributed by atoms with Crippen LogP contribution in [0.5, 0.6) is 0 Å². The molecule has 0 radical (unpaired) electrons. The number of ether oxygens (including phenoxy) is 1. The van der Waals surface area contributed by atoms with Crippen molar-refractivity contribution in [3.63, 3.8) is 0 Å². The van der Waals surface area contributed by atoms with E-state index in [0.29, 0.717) is 21.7 Å². The molecule has 1 amide bonds. The summed E-state index contributed by atoms with van der Waals surface area (Å²) in [5.41, 5.74) is -4.47. The molecule has 3 aromatic rings. The fraction of sp³-hybridized carbons (Fsp3) is 0.304. The topological polar surface area (TPSA) is 42.4 Å². The lowest BCUT2D eigenvalue weighted by atomic mass is 9.97. The highest BCUT2D eigenvalue weighted by Gasteiger charge is 2.43. The van der Waals surface area contributed by atoms with Crippen LogP contribution in [0.2, 0.25) is 0 Å². The van der Waals surface area contributed by atoms with Crippen LogP contribution in [0.3, 0.4) is 0 Å². The Labute approximate surface area is 221 Å². The van der Waals surface area contributed by atoms with Gasteiger partial charge in [-0.15, -0.1) is 11.3 Å². The van der Waals surface area contributed by atoms with Crippen molar-refractivity contribution in [3.8, 4) is 10.6 Å². The number of halogens is 10. The van der Waals surface area contributed by atoms with Crippen molar-refractivity contribution in [1.29, 1.82) is 0 Å². The molecule has 0 aliphatic carbocycles. The van der Waals surface area contributed by atoms with Gasteiger partial charge < -0.3 is 4.74 Å². The first-order chi connectivity index (χ1) is 17.4. The Balaban J connectivity index is 1.73. The molecule has 0 saturated carbocycles. The van der Waals surface area contributed by atoms with Gasteiger partial charge in [0.05, 0.1) is 29.3 Å². The fourth-order valence-corrected chi connectivity index (χ4v) is 5.29. The Bertz CT molecular complexity index is 1340. The van der Waals surface area contributed by atoms with Gasteiger partial charge in [0.1, 0.15) is 15.7 Å². The monoisotopic (exact) mass is 632 g/mol. The average Bonchev–Trinajstić information content (AvgIpc) is 3.35. The second-order valence-electron chi connectivity index (χ2n) is 8.36. The molecule has 1 aliphatic rings. The fourth-order valence-electron chi connectivity index (χ4n) is 3.97. The van der Waals surface area contributed by atoms with E-state index in [1.165, 1.54) is 13.0 Å². The summed E-state index contributed by atoms with van der Waals surface area (Å²) >= 11 is 4.26. The lowest BCUT2D eigenvalue weighted by molar-refractivity contribution is -0.143. The molecule has 4 rings (SSSR count). The van der Waals surface area contributed by atoms with Crippen LogP contribution in [0.1, 0.15) is 40.8 Å². The van der Waals surface area contributed by atoms with Crippen LogP contribution in [0.25, 0.3) is 10.6 Å². The lowest BCUT2D eigenvalue weighted by Crippen LogP contribution is -2.32. The Morgan fingerprint density at radius 2 is 1.50 bits per heavy atom. The highest BCUT2D eigenvalue weighted by atomic mass is 79.9. The van der Waals surface area contributed by atoms with E-state index in [0.717, 1.165) is 28.4 Å². The molecule has 2 heterocycles. The van der Waals surface area contributed by atoms with Crippen LogP contribution in [-0.2, 0) is 29.8 Å². The highest BCUT2D eigenvalue weighted by Crippen LogP contribution is 2.42. The second-order valence-corrected chi connectivity index (χ2v) is 10.0. The SMILES string of the molecule is C[C@H]1[C@@H](c2cc(C(F)(F)F)cc(C(F)(F)F)c2)OC(=O)N1Cc1cc(C(F)(F)F)ccc1-c1nc(Br)cs1. The zero-order chi connectivity index (χ0) is 28.2. The molecule has 0 bridgehead atoms. The van der Waals surface area contributed by atoms with E-state index >= 15 is 0 Å². The number of alkyl halides is 9. The minimum atomic E-state index is -5.11. The van der Waals surface area contributed by atoms with Crippen LogP contribution >= 0.6 is 27.3 Å². The van der Waals surface area contributed by atoms with Crippen LogP contribution in [0.4, 0.5) is 44.3 Å². The highest BCUT2D eigenvalue weighted by molar-refractivity contribution is 9.10. The molecule has 15 heteroatoms. The molecule has 1 fully saturated rings. The minimum Gasteiger partial charge on any atom is -0.439 e. The van der Waals surface area contributed by atoms with Gasteiger partial charge in [-0.05, 0) is 64.3 Å². The molecule has 1 aromatic heterocycles. The van der Waals surface area contributed by atoms with Gasteiger partial charge >= 0.3 is 24.6 Å². The molecule has 2 atom stereocenters. The zero-order valence-electron chi connectivity index (χ0n) is 18.8. The zero-order valence-corrected chi connectivity index (χ0v) is 21.2.